The molecule has 1 aliphatic heterocycles. The summed E-state index contributed by atoms with van der Waals surface area (Å²) in [6.07, 6.45) is 1.81. The van der Waals surface area contributed by atoms with Crippen LogP contribution < -0.4 is 10.0 Å². The van der Waals surface area contributed by atoms with Gasteiger partial charge in [0, 0.05) is 6.54 Å². The normalized spacial score (nSPS) is 18.6. The first kappa shape index (κ1) is 17.0. The number of methoxy groups -OCH3 is 1. The highest BCUT2D eigenvalue weighted by Gasteiger charge is 2.31. The van der Waals surface area contributed by atoms with Gasteiger partial charge in [0.25, 0.3) is 0 Å². The number of esters is 1. The molecule has 0 aromatic carbocycles. The molecule has 2 heterocycles. The SMILES string of the molecule is COC(=O)c1c(C)oc(C)c1S(=O)(=O)NCCC1CCNC1. The molecule has 2 N–H and O–H groups in total. The number of hydrogen-bond donors (Lipinski definition) is 2. The van der Waals surface area contributed by atoms with Crippen LogP contribution in [0, 0.1) is 19.8 Å². The van der Waals surface area contributed by atoms with Crippen LogP contribution in [0.25, 0.3) is 0 Å². The lowest BCUT2D eigenvalue weighted by Gasteiger charge is -2.10. The summed E-state index contributed by atoms with van der Waals surface area (Å²) < 4.78 is 37.5. The Morgan fingerprint density at radius 3 is 2.73 bits per heavy atom. The van der Waals surface area contributed by atoms with Gasteiger partial charge in [0.1, 0.15) is 22.0 Å². The van der Waals surface area contributed by atoms with E-state index >= 15 is 0 Å². The molecule has 0 bridgehead atoms. The van der Waals surface area contributed by atoms with E-state index in [4.69, 9.17) is 4.42 Å². The molecule has 7 nitrogen and oxygen atoms in total. The number of rotatable bonds is 6. The fraction of sp³-hybridized carbons (Fsp3) is 0.643. The van der Waals surface area contributed by atoms with Crippen molar-refractivity contribution in [1.29, 1.82) is 0 Å². The van der Waals surface area contributed by atoms with Crippen molar-refractivity contribution < 1.29 is 22.4 Å². The Morgan fingerprint density at radius 2 is 2.14 bits per heavy atom. The third kappa shape index (κ3) is 3.50. The number of sulfonamides is 1. The van der Waals surface area contributed by atoms with Gasteiger partial charge in [-0.25, -0.2) is 17.9 Å². The van der Waals surface area contributed by atoms with Gasteiger partial charge in [-0.15, -0.1) is 0 Å². The molecule has 0 amide bonds. The van der Waals surface area contributed by atoms with Gasteiger partial charge in [-0.05, 0) is 45.7 Å². The third-order valence-electron chi connectivity index (χ3n) is 3.87. The van der Waals surface area contributed by atoms with Gasteiger partial charge in [0.05, 0.1) is 7.11 Å². The molecule has 2 rings (SSSR count). The molecular formula is C14H22N2O5S. The molecule has 0 saturated carbocycles. The first-order chi connectivity index (χ1) is 10.4. The number of ether oxygens (including phenoxy) is 1. The zero-order valence-electron chi connectivity index (χ0n) is 13.1. The molecule has 1 aromatic heterocycles. The van der Waals surface area contributed by atoms with Crippen molar-refractivity contribution in [3.63, 3.8) is 0 Å². The van der Waals surface area contributed by atoms with Crippen molar-refractivity contribution >= 4 is 16.0 Å². The Labute approximate surface area is 130 Å². The zero-order chi connectivity index (χ0) is 16.3. The van der Waals surface area contributed by atoms with Crippen molar-refractivity contribution in [2.24, 2.45) is 5.92 Å². The Balaban J connectivity index is 2.16. The summed E-state index contributed by atoms with van der Waals surface area (Å²) in [5, 5.41) is 3.24. The van der Waals surface area contributed by atoms with E-state index < -0.39 is 16.0 Å². The van der Waals surface area contributed by atoms with Crippen LogP contribution in [0.5, 0.6) is 0 Å². The number of carbonyl (C=O) groups excluding carboxylic acids is 1. The molecule has 1 atom stereocenters. The van der Waals surface area contributed by atoms with E-state index in [1.165, 1.54) is 14.0 Å². The highest BCUT2D eigenvalue weighted by molar-refractivity contribution is 7.89. The van der Waals surface area contributed by atoms with Gasteiger partial charge < -0.3 is 14.5 Å². The summed E-state index contributed by atoms with van der Waals surface area (Å²) in [7, 11) is -2.60. The van der Waals surface area contributed by atoms with Gasteiger partial charge >= 0.3 is 5.97 Å². The lowest BCUT2D eigenvalue weighted by molar-refractivity contribution is 0.0595. The second-order valence-corrected chi connectivity index (χ2v) is 7.16. The number of nitrogens with one attached hydrogen (secondary N) is 2. The van der Waals surface area contributed by atoms with E-state index in [1.54, 1.807) is 6.92 Å². The standard InChI is InChI=1S/C14H22N2O5S/c1-9-12(14(17)20-3)13(10(2)21-9)22(18,19)16-7-5-11-4-6-15-8-11/h11,15-16H,4-8H2,1-3H3. The summed E-state index contributed by atoms with van der Waals surface area (Å²) in [6, 6.07) is 0. The summed E-state index contributed by atoms with van der Waals surface area (Å²) in [5.74, 6) is 0.197. The summed E-state index contributed by atoms with van der Waals surface area (Å²) in [6.45, 7) is 5.29. The lowest BCUT2D eigenvalue weighted by Crippen LogP contribution is -2.28. The smallest absolute Gasteiger partial charge is 0.342 e. The van der Waals surface area contributed by atoms with Gasteiger partial charge in [-0.1, -0.05) is 0 Å². The molecule has 0 radical (unpaired) electrons. The van der Waals surface area contributed by atoms with E-state index in [9.17, 15) is 13.2 Å². The molecule has 124 valence electrons. The van der Waals surface area contributed by atoms with Gasteiger partial charge in [0.2, 0.25) is 10.0 Å². The number of aryl methyl sites for hydroxylation is 2. The zero-order valence-corrected chi connectivity index (χ0v) is 13.9. The lowest BCUT2D eigenvalue weighted by atomic mass is 10.1. The second-order valence-electron chi connectivity index (χ2n) is 5.46. The number of carbonyl (C=O) groups is 1. The van der Waals surface area contributed by atoms with Crippen LogP contribution in [-0.4, -0.2) is 41.1 Å². The van der Waals surface area contributed by atoms with E-state index in [-0.39, 0.29) is 22.0 Å². The topological polar surface area (TPSA) is 97.6 Å². The van der Waals surface area contributed by atoms with Crippen LogP contribution in [0.4, 0.5) is 0 Å². The second kappa shape index (κ2) is 6.80. The molecule has 1 unspecified atom stereocenters. The van der Waals surface area contributed by atoms with Crippen LogP contribution in [0.2, 0.25) is 0 Å². The van der Waals surface area contributed by atoms with Gasteiger partial charge in [0.15, 0.2) is 0 Å². The molecule has 0 aliphatic carbocycles. The predicted molar refractivity (Wildman–Crippen MR) is 80.3 cm³/mol. The molecule has 0 spiro atoms. The average Bonchev–Trinajstić information content (AvgIpc) is 3.05. The largest absolute Gasteiger partial charge is 0.465 e. The Kier molecular flexibility index (Phi) is 5.25. The first-order valence-corrected chi connectivity index (χ1v) is 8.73. The minimum absolute atomic E-state index is 0.0324. The molecule has 1 saturated heterocycles. The van der Waals surface area contributed by atoms with Crippen molar-refractivity contribution in [2.75, 3.05) is 26.7 Å². The maximum atomic E-state index is 12.5. The quantitative estimate of drug-likeness (QED) is 0.754. The average molecular weight is 330 g/mol. The molecule has 1 aliphatic rings. The summed E-state index contributed by atoms with van der Waals surface area (Å²) >= 11 is 0. The van der Waals surface area contributed by atoms with E-state index in [0.29, 0.717) is 12.5 Å². The van der Waals surface area contributed by atoms with Crippen LogP contribution >= 0.6 is 0 Å². The van der Waals surface area contributed by atoms with Crippen molar-refractivity contribution in [3.05, 3.63) is 17.1 Å². The minimum atomic E-state index is -3.81. The monoisotopic (exact) mass is 330 g/mol. The van der Waals surface area contributed by atoms with Crippen LogP contribution in [0.1, 0.15) is 34.7 Å². The maximum absolute atomic E-state index is 12.5. The number of furan rings is 1. The maximum Gasteiger partial charge on any atom is 0.342 e. The van der Waals surface area contributed by atoms with Crippen LogP contribution in [0.3, 0.4) is 0 Å². The van der Waals surface area contributed by atoms with Crippen LogP contribution in [0.15, 0.2) is 9.31 Å². The van der Waals surface area contributed by atoms with Gasteiger partial charge in [-0.2, -0.15) is 0 Å². The van der Waals surface area contributed by atoms with Crippen LogP contribution in [-0.2, 0) is 14.8 Å². The van der Waals surface area contributed by atoms with Gasteiger partial charge in [-0.3, -0.25) is 0 Å². The molecule has 8 heteroatoms. The molecule has 1 fully saturated rings. The number of hydrogen-bond acceptors (Lipinski definition) is 6. The Bertz CT molecular complexity index is 644. The van der Waals surface area contributed by atoms with E-state index in [1.807, 2.05) is 0 Å². The summed E-state index contributed by atoms with van der Waals surface area (Å²) in [4.78, 5) is 11.7. The highest BCUT2D eigenvalue weighted by Crippen LogP contribution is 2.27. The third-order valence-corrected chi connectivity index (χ3v) is 5.48. The predicted octanol–water partition coefficient (Wildman–Crippen LogP) is 0.961. The molecule has 22 heavy (non-hydrogen) atoms. The Hall–Kier alpha value is -1.38. The molecular weight excluding hydrogens is 308 g/mol. The van der Waals surface area contributed by atoms with Crippen molar-refractivity contribution in [3.8, 4) is 0 Å². The summed E-state index contributed by atoms with van der Waals surface area (Å²) in [5.41, 5.74) is -0.0324. The minimum Gasteiger partial charge on any atom is -0.465 e. The highest BCUT2D eigenvalue weighted by atomic mass is 32.2. The Morgan fingerprint density at radius 1 is 1.41 bits per heavy atom. The van der Waals surface area contributed by atoms with Crippen molar-refractivity contribution in [2.45, 2.75) is 31.6 Å². The van der Waals surface area contributed by atoms with E-state index in [2.05, 4.69) is 14.8 Å². The van der Waals surface area contributed by atoms with E-state index in [0.717, 1.165) is 25.9 Å². The fourth-order valence-corrected chi connectivity index (χ4v) is 4.20. The molecule has 1 aromatic rings. The first-order valence-electron chi connectivity index (χ1n) is 7.25. The van der Waals surface area contributed by atoms with Crippen molar-refractivity contribution in [1.82, 2.24) is 10.0 Å². The fourth-order valence-electron chi connectivity index (χ4n) is 2.76.